The van der Waals surface area contributed by atoms with E-state index in [0.717, 1.165) is 10.2 Å². The van der Waals surface area contributed by atoms with E-state index in [1.807, 2.05) is 43.4 Å². The molecule has 0 unspecified atom stereocenters. The van der Waals surface area contributed by atoms with Crippen LogP contribution in [0.25, 0.3) is 0 Å². The van der Waals surface area contributed by atoms with E-state index in [1.54, 1.807) is 17.3 Å². The highest BCUT2D eigenvalue weighted by Crippen LogP contribution is 2.30. The number of anilines is 1. The fourth-order valence-electron chi connectivity index (χ4n) is 1.54. The normalized spacial score (nSPS) is 10.9. The van der Waals surface area contributed by atoms with Gasteiger partial charge in [-0.1, -0.05) is 34.1 Å². The maximum absolute atomic E-state index is 9.93. The zero-order valence-electron chi connectivity index (χ0n) is 10.2. The minimum atomic E-state index is 0.174. The van der Waals surface area contributed by atoms with Gasteiger partial charge in [0.1, 0.15) is 5.75 Å². The molecule has 0 spiro atoms. The van der Waals surface area contributed by atoms with Crippen molar-refractivity contribution in [2.24, 2.45) is 5.10 Å². The van der Waals surface area contributed by atoms with E-state index in [0.29, 0.717) is 10.0 Å². The molecule has 1 N–H and O–H groups in total. The van der Waals surface area contributed by atoms with Crippen molar-refractivity contribution in [1.29, 1.82) is 0 Å². The van der Waals surface area contributed by atoms with Crippen LogP contribution in [0, 0.1) is 0 Å². The van der Waals surface area contributed by atoms with Crippen LogP contribution in [-0.4, -0.2) is 18.4 Å². The SMILES string of the molecule is CN(N=Cc1cc(Br)cc(Br)c1O)c1ccccc1. The van der Waals surface area contributed by atoms with Crippen LogP contribution in [0.2, 0.25) is 0 Å². The molecule has 0 heterocycles. The third-order valence-corrected chi connectivity index (χ3v) is 3.62. The van der Waals surface area contributed by atoms with Crippen LogP contribution in [0.4, 0.5) is 5.69 Å². The van der Waals surface area contributed by atoms with Crippen LogP contribution < -0.4 is 5.01 Å². The van der Waals surface area contributed by atoms with Crippen LogP contribution >= 0.6 is 31.9 Å². The lowest BCUT2D eigenvalue weighted by atomic mass is 10.2. The Hall–Kier alpha value is -1.33. The van der Waals surface area contributed by atoms with Crippen LogP contribution in [0.15, 0.2) is 56.5 Å². The molecule has 0 fully saturated rings. The minimum absolute atomic E-state index is 0.174. The van der Waals surface area contributed by atoms with Gasteiger partial charge in [0.2, 0.25) is 0 Å². The van der Waals surface area contributed by atoms with Crippen LogP contribution in [0.3, 0.4) is 0 Å². The summed E-state index contributed by atoms with van der Waals surface area (Å²) in [5.74, 6) is 0.174. The van der Waals surface area contributed by atoms with Gasteiger partial charge in [-0.2, -0.15) is 5.10 Å². The fourth-order valence-corrected chi connectivity index (χ4v) is 2.80. The average molecular weight is 384 g/mol. The molecule has 98 valence electrons. The highest BCUT2D eigenvalue weighted by Gasteiger charge is 2.05. The molecular formula is C14H12Br2N2O. The molecule has 0 aliphatic carbocycles. The van der Waals surface area contributed by atoms with Crippen molar-refractivity contribution in [3.63, 3.8) is 0 Å². The Kier molecular flexibility index (Phi) is 4.61. The number of benzene rings is 2. The maximum atomic E-state index is 9.93. The number of phenolic OH excluding ortho intramolecular Hbond substituents is 1. The van der Waals surface area contributed by atoms with Crippen molar-refractivity contribution in [3.05, 3.63) is 57.0 Å². The standard InChI is InChI=1S/C14H12Br2N2O/c1-18(12-5-3-2-4-6-12)17-9-10-7-11(15)8-13(16)14(10)19/h2-9,19H,1H3. The van der Waals surface area contributed by atoms with E-state index in [4.69, 9.17) is 0 Å². The summed E-state index contributed by atoms with van der Waals surface area (Å²) in [4.78, 5) is 0. The van der Waals surface area contributed by atoms with E-state index in [1.165, 1.54) is 0 Å². The Balaban J connectivity index is 2.24. The molecular weight excluding hydrogens is 372 g/mol. The summed E-state index contributed by atoms with van der Waals surface area (Å²) in [5.41, 5.74) is 1.62. The zero-order valence-corrected chi connectivity index (χ0v) is 13.4. The van der Waals surface area contributed by atoms with E-state index in [9.17, 15) is 5.11 Å². The summed E-state index contributed by atoms with van der Waals surface area (Å²) in [6.07, 6.45) is 1.62. The first-order valence-electron chi connectivity index (χ1n) is 5.58. The van der Waals surface area contributed by atoms with Crippen molar-refractivity contribution in [2.75, 3.05) is 12.1 Å². The first-order chi connectivity index (χ1) is 9.08. The van der Waals surface area contributed by atoms with Gasteiger partial charge in [0, 0.05) is 17.1 Å². The highest BCUT2D eigenvalue weighted by molar-refractivity contribution is 9.11. The molecule has 0 bridgehead atoms. The summed E-state index contributed by atoms with van der Waals surface area (Å²) in [5, 5.41) is 16.0. The molecule has 0 saturated carbocycles. The van der Waals surface area contributed by atoms with Crippen molar-refractivity contribution in [1.82, 2.24) is 0 Å². The van der Waals surface area contributed by atoms with E-state index in [-0.39, 0.29) is 5.75 Å². The largest absolute Gasteiger partial charge is 0.506 e. The van der Waals surface area contributed by atoms with Gasteiger partial charge in [-0.3, -0.25) is 5.01 Å². The molecule has 5 heteroatoms. The second-order valence-corrected chi connectivity index (χ2v) is 5.70. The van der Waals surface area contributed by atoms with Crippen molar-refractivity contribution >= 4 is 43.8 Å². The van der Waals surface area contributed by atoms with Crippen molar-refractivity contribution in [3.8, 4) is 5.75 Å². The molecule has 0 aromatic heterocycles. The van der Waals surface area contributed by atoms with Gasteiger partial charge in [0.15, 0.2) is 0 Å². The topological polar surface area (TPSA) is 35.8 Å². The molecule has 0 radical (unpaired) electrons. The fraction of sp³-hybridized carbons (Fsp3) is 0.0714. The summed E-state index contributed by atoms with van der Waals surface area (Å²) in [6.45, 7) is 0. The Bertz CT molecular complexity index is 600. The Labute approximate surface area is 128 Å². The molecule has 0 aliphatic heterocycles. The third kappa shape index (κ3) is 3.58. The second kappa shape index (κ2) is 6.21. The Morgan fingerprint density at radius 2 is 1.84 bits per heavy atom. The van der Waals surface area contributed by atoms with Crippen LogP contribution in [-0.2, 0) is 0 Å². The third-order valence-electron chi connectivity index (χ3n) is 2.56. The van der Waals surface area contributed by atoms with Crippen molar-refractivity contribution < 1.29 is 5.11 Å². The first kappa shape index (κ1) is 14.1. The predicted octanol–water partition coefficient (Wildman–Crippen LogP) is 4.39. The zero-order chi connectivity index (χ0) is 13.8. The molecule has 3 nitrogen and oxygen atoms in total. The lowest BCUT2D eigenvalue weighted by molar-refractivity contribution is 0.471. The summed E-state index contributed by atoms with van der Waals surface area (Å²) in [7, 11) is 1.86. The van der Waals surface area contributed by atoms with Crippen LogP contribution in [0.5, 0.6) is 5.75 Å². The molecule has 0 saturated heterocycles. The summed E-state index contributed by atoms with van der Waals surface area (Å²) >= 11 is 6.68. The predicted molar refractivity (Wildman–Crippen MR) is 85.9 cm³/mol. The number of aromatic hydroxyl groups is 1. The van der Waals surface area contributed by atoms with Crippen LogP contribution in [0.1, 0.15) is 5.56 Å². The molecule has 2 rings (SSSR count). The quantitative estimate of drug-likeness (QED) is 0.630. The van der Waals surface area contributed by atoms with E-state index >= 15 is 0 Å². The second-order valence-electron chi connectivity index (χ2n) is 3.93. The lowest BCUT2D eigenvalue weighted by Crippen LogP contribution is -2.08. The number of nitrogens with zero attached hydrogens (tertiary/aromatic N) is 2. The van der Waals surface area contributed by atoms with Gasteiger partial charge >= 0.3 is 0 Å². The van der Waals surface area contributed by atoms with Gasteiger partial charge in [0.25, 0.3) is 0 Å². The molecule has 2 aromatic carbocycles. The Morgan fingerprint density at radius 1 is 1.16 bits per heavy atom. The number of hydrazone groups is 1. The van der Waals surface area contributed by atoms with E-state index < -0.39 is 0 Å². The van der Waals surface area contributed by atoms with Gasteiger partial charge < -0.3 is 5.11 Å². The monoisotopic (exact) mass is 382 g/mol. The number of phenols is 1. The average Bonchev–Trinajstić information content (AvgIpc) is 2.41. The number of rotatable bonds is 3. The van der Waals surface area contributed by atoms with Gasteiger partial charge in [0.05, 0.1) is 16.4 Å². The van der Waals surface area contributed by atoms with Gasteiger partial charge in [-0.05, 0) is 40.2 Å². The maximum Gasteiger partial charge on any atom is 0.138 e. The number of para-hydroxylation sites is 1. The van der Waals surface area contributed by atoms with Gasteiger partial charge in [-0.15, -0.1) is 0 Å². The molecule has 0 atom stereocenters. The molecule has 2 aromatic rings. The van der Waals surface area contributed by atoms with Gasteiger partial charge in [-0.25, -0.2) is 0 Å². The van der Waals surface area contributed by atoms with E-state index in [2.05, 4.69) is 37.0 Å². The van der Waals surface area contributed by atoms with Crippen molar-refractivity contribution in [2.45, 2.75) is 0 Å². The number of hydrogen-bond donors (Lipinski definition) is 1. The summed E-state index contributed by atoms with van der Waals surface area (Å²) < 4.78 is 1.51. The molecule has 19 heavy (non-hydrogen) atoms. The first-order valence-corrected chi connectivity index (χ1v) is 7.17. The molecule has 0 amide bonds. The molecule has 0 aliphatic rings. The number of hydrogen-bond acceptors (Lipinski definition) is 3. The highest BCUT2D eigenvalue weighted by atomic mass is 79.9. The Morgan fingerprint density at radius 3 is 2.53 bits per heavy atom. The minimum Gasteiger partial charge on any atom is -0.506 e. The summed E-state index contributed by atoms with van der Waals surface area (Å²) in [6, 6.07) is 13.4. The number of halogens is 2. The smallest absolute Gasteiger partial charge is 0.138 e. The lowest BCUT2D eigenvalue weighted by Gasteiger charge is -2.12.